The van der Waals surface area contributed by atoms with Crippen LogP contribution in [0.15, 0.2) is 45.2 Å². The Morgan fingerprint density at radius 2 is 2.04 bits per heavy atom. The predicted octanol–water partition coefficient (Wildman–Crippen LogP) is 2.33. The van der Waals surface area contributed by atoms with E-state index in [1.807, 2.05) is 6.92 Å². The summed E-state index contributed by atoms with van der Waals surface area (Å²) in [5, 5.41) is 3.14. The third-order valence-electron chi connectivity index (χ3n) is 4.49. The number of nitrogens with one attached hydrogen (secondary N) is 1. The highest BCUT2D eigenvalue weighted by atomic mass is 79.9. The maximum absolute atomic E-state index is 13.6. The Kier molecular flexibility index (Phi) is 3.58. The number of cyclic esters (lactones) is 1. The number of ether oxygens (including phenoxy) is 2. The number of hydrogen-bond acceptors (Lipinski definition) is 5. The Morgan fingerprint density at radius 1 is 1.25 bits per heavy atom. The molecule has 1 N–H and O–H groups in total. The van der Waals surface area contributed by atoms with Gasteiger partial charge in [-0.3, -0.25) is 4.79 Å². The highest BCUT2D eigenvalue weighted by Gasteiger charge is 2.44. The summed E-state index contributed by atoms with van der Waals surface area (Å²) in [7, 11) is 0. The molecule has 0 saturated heterocycles. The predicted molar refractivity (Wildman–Crippen MR) is 85.4 cm³/mol. The normalized spacial score (nSPS) is 26.1. The standard InChI is InChI=1S/C17H13BrFNO4/c1-7-16-15(12(21)6-23-7)13(8-2-3-10(19)9(18)4-8)14-11(20-16)5-24-17(14)22/h2-4,7,13,20H,5-6H2,1H3/t7-,13-/m0/s1. The zero-order valence-corrected chi connectivity index (χ0v) is 14.3. The minimum atomic E-state index is -0.581. The molecule has 0 aromatic heterocycles. The van der Waals surface area contributed by atoms with Crippen LogP contribution < -0.4 is 5.32 Å². The van der Waals surface area contributed by atoms with Gasteiger partial charge in [0.1, 0.15) is 19.0 Å². The van der Waals surface area contributed by atoms with Crippen LogP contribution in [-0.2, 0) is 19.1 Å². The monoisotopic (exact) mass is 393 g/mol. The summed E-state index contributed by atoms with van der Waals surface area (Å²) in [4.78, 5) is 24.8. The molecule has 3 aliphatic heterocycles. The van der Waals surface area contributed by atoms with Crippen LogP contribution in [0.4, 0.5) is 4.39 Å². The third-order valence-corrected chi connectivity index (χ3v) is 5.10. The van der Waals surface area contributed by atoms with E-state index in [9.17, 15) is 14.0 Å². The fraction of sp³-hybridized carbons (Fsp3) is 0.294. The van der Waals surface area contributed by atoms with E-state index in [-0.39, 0.29) is 29.6 Å². The van der Waals surface area contributed by atoms with Crippen molar-refractivity contribution in [3.05, 3.63) is 56.6 Å². The van der Waals surface area contributed by atoms with Gasteiger partial charge in [-0.05, 0) is 40.5 Å². The molecule has 1 aromatic carbocycles. The molecule has 0 amide bonds. The van der Waals surface area contributed by atoms with Gasteiger partial charge in [0.15, 0.2) is 5.78 Å². The molecule has 0 spiro atoms. The summed E-state index contributed by atoms with van der Waals surface area (Å²) in [6.45, 7) is 1.93. The van der Waals surface area contributed by atoms with Crippen molar-refractivity contribution in [2.75, 3.05) is 13.2 Å². The first-order valence-electron chi connectivity index (χ1n) is 7.48. The summed E-state index contributed by atoms with van der Waals surface area (Å²) in [6, 6.07) is 4.50. The molecular weight excluding hydrogens is 381 g/mol. The summed E-state index contributed by atoms with van der Waals surface area (Å²) >= 11 is 3.17. The smallest absolute Gasteiger partial charge is 0.337 e. The van der Waals surface area contributed by atoms with E-state index < -0.39 is 17.7 Å². The minimum absolute atomic E-state index is 0.0434. The van der Waals surface area contributed by atoms with Gasteiger partial charge in [0, 0.05) is 11.5 Å². The highest BCUT2D eigenvalue weighted by molar-refractivity contribution is 9.10. The lowest BCUT2D eigenvalue weighted by Crippen LogP contribution is -2.40. The largest absolute Gasteiger partial charge is 0.456 e. The maximum atomic E-state index is 13.6. The van der Waals surface area contributed by atoms with Crippen molar-refractivity contribution in [1.82, 2.24) is 5.32 Å². The van der Waals surface area contributed by atoms with E-state index >= 15 is 0 Å². The van der Waals surface area contributed by atoms with Crippen molar-refractivity contribution in [1.29, 1.82) is 0 Å². The van der Waals surface area contributed by atoms with Gasteiger partial charge in [-0.1, -0.05) is 6.07 Å². The minimum Gasteiger partial charge on any atom is -0.456 e. The van der Waals surface area contributed by atoms with Crippen molar-refractivity contribution in [2.24, 2.45) is 0 Å². The van der Waals surface area contributed by atoms with E-state index in [0.717, 1.165) is 0 Å². The lowest BCUT2D eigenvalue weighted by atomic mass is 9.77. The van der Waals surface area contributed by atoms with Gasteiger partial charge in [-0.25, -0.2) is 9.18 Å². The van der Waals surface area contributed by atoms with Gasteiger partial charge in [-0.2, -0.15) is 0 Å². The van der Waals surface area contributed by atoms with Gasteiger partial charge >= 0.3 is 5.97 Å². The Labute approximate surface area is 145 Å². The van der Waals surface area contributed by atoms with Crippen molar-refractivity contribution in [3.8, 4) is 0 Å². The van der Waals surface area contributed by atoms with Crippen LogP contribution in [0.1, 0.15) is 18.4 Å². The third kappa shape index (κ3) is 2.22. The average molecular weight is 394 g/mol. The molecule has 124 valence electrons. The second-order valence-electron chi connectivity index (χ2n) is 5.90. The van der Waals surface area contributed by atoms with Crippen molar-refractivity contribution < 1.29 is 23.5 Å². The van der Waals surface area contributed by atoms with E-state index in [2.05, 4.69) is 21.2 Å². The zero-order chi connectivity index (χ0) is 17.0. The number of rotatable bonds is 1. The quantitative estimate of drug-likeness (QED) is 0.741. The highest BCUT2D eigenvalue weighted by Crippen LogP contribution is 2.44. The van der Waals surface area contributed by atoms with Crippen LogP contribution in [0.5, 0.6) is 0 Å². The number of carbonyl (C=O) groups excluding carboxylic acids is 2. The Morgan fingerprint density at radius 3 is 2.79 bits per heavy atom. The van der Waals surface area contributed by atoms with Gasteiger partial charge in [-0.15, -0.1) is 0 Å². The molecular formula is C17H13BrFNO4. The molecule has 0 radical (unpaired) electrons. The first kappa shape index (κ1) is 15.5. The Bertz CT molecular complexity index is 845. The summed E-state index contributed by atoms with van der Waals surface area (Å²) in [5.74, 6) is -1.63. The number of halogens is 2. The van der Waals surface area contributed by atoms with Crippen LogP contribution in [-0.4, -0.2) is 31.1 Å². The fourth-order valence-corrected chi connectivity index (χ4v) is 3.76. The van der Waals surface area contributed by atoms with Gasteiger partial charge in [0.05, 0.1) is 27.5 Å². The zero-order valence-electron chi connectivity index (χ0n) is 12.7. The molecule has 2 atom stereocenters. The number of benzene rings is 1. The fourth-order valence-electron chi connectivity index (χ4n) is 3.36. The topological polar surface area (TPSA) is 64.6 Å². The molecule has 3 aliphatic rings. The molecule has 3 heterocycles. The van der Waals surface area contributed by atoms with Crippen LogP contribution in [0, 0.1) is 5.82 Å². The van der Waals surface area contributed by atoms with E-state index in [4.69, 9.17) is 9.47 Å². The molecule has 4 rings (SSSR count). The molecule has 0 fully saturated rings. The summed E-state index contributed by atoms with van der Waals surface area (Å²) in [5.41, 5.74) is 2.84. The molecule has 7 heteroatoms. The molecule has 0 bridgehead atoms. The molecule has 0 saturated carbocycles. The number of Topliss-reactive ketones (excluding diaryl/α,β-unsaturated/α-hetero) is 1. The number of ketones is 1. The van der Waals surface area contributed by atoms with Crippen LogP contribution in [0.25, 0.3) is 0 Å². The van der Waals surface area contributed by atoms with Crippen LogP contribution in [0.2, 0.25) is 0 Å². The van der Waals surface area contributed by atoms with E-state index in [1.54, 1.807) is 12.1 Å². The SMILES string of the molecule is C[C@@H]1OCC(=O)C2=C1NC1=C(C(=O)OC1)[C@@H]2c1ccc(F)c(Br)c1. The average Bonchev–Trinajstić information content (AvgIpc) is 2.93. The van der Waals surface area contributed by atoms with Gasteiger partial charge in [0.25, 0.3) is 0 Å². The number of dihydropyridines is 1. The van der Waals surface area contributed by atoms with Gasteiger partial charge < -0.3 is 14.8 Å². The van der Waals surface area contributed by atoms with Crippen LogP contribution in [0.3, 0.4) is 0 Å². The summed E-state index contributed by atoms with van der Waals surface area (Å²) < 4.78 is 24.5. The molecule has 0 unspecified atom stereocenters. The first-order chi connectivity index (χ1) is 11.5. The number of esters is 1. The molecule has 0 aliphatic carbocycles. The second-order valence-corrected chi connectivity index (χ2v) is 6.76. The van der Waals surface area contributed by atoms with Gasteiger partial charge in [0.2, 0.25) is 0 Å². The van der Waals surface area contributed by atoms with Crippen molar-refractivity contribution >= 4 is 27.7 Å². The summed E-state index contributed by atoms with van der Waals surface area (Å²) in [6.07, 6.45) is -0.297. The van der Waals surface area contributed by atoms with Crippen LogP contribution >= 0.6 is 15.9 Å². The lowest BCUT2D eigenvalue weighted by molar-refractivity contribution is -0.136. The van der Waals surface area contributed by atoms with Crippen molar-refractivity contribution in [3.63, 3.8) is 0 Å². The molecule has 5 nitrogen and oxygen atoms in total. The van der Waals surface area contributed by atoms with E-state index in [1.165, 1.54) is 6.07 Å². The van der Waals surface area contributed by atoms with E-state index in [0.29, 0.717) is 28.1 Å². The second kappa shape index (κ2) is 5.53. The molecule has 24 heavy (non-hydrogen) atoms. The van der Waals surface area contributed by atoms with Crippen molar-refractivity contribution in [2.45, 2.75) is 18.9 Å². The first-order valence-corrected chi connectivity index (χ1v) is 8.27. The Balaban J connectivity index is 1.93. The number of carbonyl (C=O) groups is 2. The molecule has 1 aromatic rings. The maximum Gasteiger partial charge on any atom is 0.337 e. The Hall–Kier alpha value is -1.99. The lowest BCUT2D eigenvalue weighted by Gasteiger charge is -2.34. The number of hydrogen-bond donors (Lipinski definition) is 1.